The molecule has 0 rings (SSSR count). The number of hydrogen-bond donors (Lipinski definition) is 2. The number of aliphatic hydroxyl groups is 1. The van der Waals surface area contributed by atoms with Crippen molar-refractivity contribution in [2.45, 2.75) is 118 Å². The van der Waals surface area contributed by atoms with Gasteiger partial charge in [-0.15, -0.1) is 0 Å². The van der Waals surface area contributed by atoms with Crippen molar-refractivity contribution in [2.75, 3.05) is 33.1 Å². The summed E-state index contributed by atoms with van der Waals surface area (Å²) in [4.78, 5) is 9.43. The summed E-state index contributed by atoms with van der Waals surface area (Å²) in [5.74, 6) is 0. The molecule has 1 atom stereocenters. The fourth-order valence-electron chi connectivity index (χ4n) is 4.52. The molecule has 0 radical (unpaired) electrons. The minimum Gasteiger partial charge on any atom is -0.396 e. The van der Waals surface area contributed by atoms with Gasteiger partial charge in [-0.1, -0.05) is 66.2 Å². The first-order valence-corrected chi connectivity index (χ1v) is 14.9. The lowest BCUT2D eigenvalue weighted by molar-refractivity contribution is 0.0946. The maximum absolute atomic E-state index is 11.5. The lowest BCUT2D eigenvalue weighted by atomic mass is 9.74. The highest BCUT2D eigenvalue weighted by molar-refractivity contribution is 7.51. The molecular formula is C25H53O5P. The van der Waals surface area contributed by atoms with Gasteiger partial charge in [-0.25, -0.2) is 0 Å². The van der Waals surface area contributed by atoms with E-state index in [0.29, 0.717) is 18.6 Å². The van der Waals surface area contributed by atoms with E-state index in [1.807, 2.05) is 0 Å². The van der Waals surface area contributed by atoms with Crippen LogP contribution in [0.3, 0.4) is 0 Å². The third-order valence-corrected chi connectivity index (χ3v) is 8.08. The van der Waals surface area contributed by atoms with Gasteiger partial charge in [0, 0.05) is 26.5 Å². The Balaban J connectivity index is 4.01. The Bertz CT molecular complexity index is 455. The van der Waals surface area contributed by atoms with Crippen molar-refractivity contribution in [2.24, 2.45) is 10.8 Å². The van der Waals surface area contributed by atoms with Gasteiger partial charge in [-0.2, -0.15) is 0 Å². The summed E-state index contributed by atoms with van der Waals surface area (Å²) in [6, 6.07) is 0. The van der Waals surface area contributed by atoms with E-state index in [0.717, 1.165) is 64.6 Å². The smallest absolute Gasteiger partial charge is 0.325 e. The van der Waals surface area contributed by atoms with E-state index in [9.17, 15) is 9.46 Å². The first kappa shape index (κ1) is 31.1. The Morgan fingerprint density at radius 3 is 1.58 bits per heavy atom. The van der Waals surface area contributed by atoms with Crippen LogP contribution < -0.4 is 0 Å². The average molecular weight is 465 g/mol. The van der Waals surface area contributed by atoms with Gasteiger partial charge in [0.05, 0.1) is 6.61 Å². The number of unbranched alkanes of at least 4 members (excludes halogenated alkanes) is 4. The SMILES string of the molecule is CCC(CC)(CCCCCO)CCCCOCCCCC(CC)(CC)COP(C)(=O)O. The summed E-state index contributed by atoms with van der Waals surface area (Å²) in [5.41, 5.74) is 0.466. The quantitative estimate of drug-likeness (QED) is 0.129. The molecule has 0 aromatic carbocycles. The number of rotatable bonds is 22. The maximum atomic E-state index is 11.5. The predicted molar refractivity (Wildman–Crippen MR) is 132 cm³/mol. The Morgan fingerprint density at radius 1 is 0.710 bits per heavy atom. The zero-order valence-electron chi connectivity index (χ0n) is 21.3. The van der Waals surface area contributed by atoms with Gasteiger partial charge < -0.3 is 19.3 Å². The number of hydrogen-bond acceptors (Lipinski definition) is 4. The average Bonchev–Trinajstić information content (AvgIpc) is 2.76. The summed E-state index contributed by atoms with van der Waals surface area (Å²) in [6.45, 7) is 12.5. The Labute approximate surface area is 193 Å². The molecule has 0 aromatic heterocycles. The molecule has 0 aromatic rings. The van der Waals surface area contributed by atoms with Crippen LogP contribution in [-0.2, 0) is 13.8 Å². The van der Waals surface area contributed by atoms with Crippen LogP contribution in [0.25, 0.3) is 0 Å². The highest BCUT2D eigenvalue weighted by atomic mass is 31.2. The molecule has 0 aliphatic heterocycles. The monoisotopic (exact) mass is 464 g/mol. The highest BCUT2D eigenvalue weighted by Gasteiger charge is 2.28. The van der Waals surface area contributed by atoms with Crippen LogP contribution >= 0.6 is 7.60 Å². The van der Waals surface area contributed by atoms with E-state index in [2.05, 4.69) is 27.7 Å². The first-order valence-electron chi connectivity index (χ1n) is 12.9. The van der Waals surface area contributed by atoms with Crippen molar-refractivity contribution in [1.29, 1.82) is 0 Å². The largest absolute Gasteiger partial charge is 0.396 e. The Hall–Kier alpha value is 0.0700. The van der Waals surface area contributed by atoms with Crippen molar-refractivity contribution in [1.82, 2.24) is 0 Å². The second-order valence-electron chi connectivity index (χ2n) is 9.55. The summed E-state index contributed by atoms with van der Waals surface area (Å²) in [5, 5.41) is 8.97. The molecule has 2 N–H and O–H groups in total. The van der Waals surface area contributed by atoms with Gasteiger partial charge in [0.15, 0.2) is 0 Å². The van der Waals surface area contributed by atoms with E-state index in [4.69, 9.17) is 14.4 Å². The zero-order valence-corrected chi connectivity index (χ0v) is 22.2. The Morgan fingerprint density at radius 2 is 1.16 bits per heavy atom. The van der Waals surface area contributed by atoms with Crippen LogP contribution in [0, 0.1) is 10.8 Å². The van der Waals surface area contributed by atoms with Gasteiger partial charge in [0.25, 0.3) is 0 Å². The molecule has 0 saturated carbocycles. The van der Waals surface area contributed by atoms with Gasteiger partial charge in [0.2, 0.25) is 0 Å². The fourth-order valence-corrected chi connectivity index (χ4v) is 5.03. The van der Waals surface area contributed by atoms with Crippen molar-refractivity contribution in [3.05, 3.63) is 0 Å². The van der Waals surface area contributed by atoms with E-state index in [1.165, 1.54) is 45.2 Å². The van der Waals surface area contributed by atoms with Crippen molar-refractivity contribution < 1.29 is 23.8 Å². The van der Waals surface area contributed by atoms with E-state index >= 15 is 0 Å². The van der Waals surface area contributed by atoms with Gasteiger partial charge in [-0.05, 0) is 62.2 Å². The molecule has 0 fully saturated rings. The molecule has 0 aliphatic rings. The summed E-state index contributed by atoms with van der Waals surface area (Å²) >= 11 is 0. The standard InChI is InChI=1S/C25H53O5P/c1-6-24(7-2,17-11-10-14-20-26)18-12-15-21-29-22-16-13-19-25(8-3,9-4)23-30-31(5,27)28/h26H,6-23H2,1-5H3,(H,27,28). The predicted octanol–water partition coefficient (Wildman–Crippen LogP) is 7.34. The molecule has 0 spiro atoms. The first-order chi connectivity index (χ1) is 14.7. The van der Waals surface area contributed by atoms with Crippen LogP contribution in [0.4, 0.5) is 0 Å². The molecular weight excluding hydrogens is 411 g/mol. The third kappa shape index (κ3) is 14.8. The van der Waals surface area contributed by atoms with Crippen molar-refractivity contribution >= 4 is 7.60 Å². The minimum absolute atomic E-state index is 0.00475. The van der Waals surface area contributed by atoms with E-state index in [-0.39, 0.29) is 5.41 Å². The second-order valence-corrected chi connectivity index (χ2v) is 11.4. The molecule has 0 bridgehead atoms. The van der Waals surface area contributed by atoms with Crippen LogP contribution in [0.2, 0.25) is 0 Å². The second kappa shape index (κ2) is 17.5. The fraction of sp³-hybridized carbons (Fsp3) is 1.00. The van der Waals surface area contributed by atoms with Crippen LogP contribution in [0.1, 0.15) is 118 Å². The highest BCUT2D eigenvalue weighted by Crippen LogP contribution is 2.42. The molecule has 0 heterocycles. The molecule has 1 unspecified atom stereocenters. The molecule has 5 nitrogen and oxygen atoms in total. The van der Waals surface area contributed by atoms with E-state index < -0.39 is 7.60 Å². The molecule has 31 heavy (non-hydrogen) atoms. The Kier molecular flexibility index (Phi) is 17.6. The van der Waals surface area contributed by atoms with Gasteiger partial charge in [0.1, 0.15) is 0 Å². The number of aliphatic hydroxyl groups excluding tert-OH is 1. The summed E-state index contributed by atoms with van der Waals surface area (Å²) in [7, 11) is -3.41. The van der Waals surface area contributed by atoms with Crippen LogP contribution in [0.5, 0.6) is 0 Å². The normalized spacial score (nSPS) is 14.7. The zero-order chi connectivity index (χ0) is 23.6. The van der Waals surface area contributed by atoms with Crippen molar-refractivity contribution in [3.63, 3.8) is 0 Å². The molecule has 0 saturated heterocycles. The van der Waals surface area contributed by atoms with Crippen molar-refractivity contribution in [3.8, 4) is 0 Å². The lowest BCUT2D eigenvalue weighted by Crippen LogP contribution is -2.25. The topological polar surface area (TPSA) is 76.0 Å². The molecule has 188 valence electrons. The number of ether oxygens (including phenoxy) is 1. The third-order valence-electron chi connectivity index (χ3n) is 7.47. The van der Waals surface area contributed by atoms with Gasteiger partial charge in [-0.3, -0.25) is 4.57 Å². The minimum atomic E-state index is -3.41. The molecule has 0 aliphatic carbocycles. The molecule has 6 heteroatoms. The van der Waals surface area contributed by atoms with Gasteiger partial charge >= 0.3 is 7.60 Å². The lowest BCUT2D eigenvalue weighted by Gasteiger charge is -2.32. The maximum Gasteiger partial charge on any atom is 0.325 e. The van der Waals surface area contributed by atoms with Crippen LogP contribution in [0.15, 0.2) is 0 Å². The summed E-state index contributed by atoms with van der Waals surface area (Å²) < 4.78 is 22.6. The summed E-state index contributed by atoms with van der Waals surface area (Å²) in [6.07, 6.45) is 15.7. The van der Waals surface area contributed by atoms with Crippen LogP contribution in [-0.4, -0.2) is 43.1 Å². The van der Waals surface area contributed by atoms with E-state index in [1.54, 1.807) is 0 Å². The molecule has 0 amide bonds.